The van der Waals surface area contributed by atoms with E-state index in [1.165, 1.54) is 22.3 Å². The number of ether oxygens (including phenoxy) is 1. The second-order valence-corrected chi connectivity index (χ2v) is 20.8. The summed E-state index contributed by atoms with van der Waals surface area (Å²) in [4.78, 5) is 9.47. The Morgan fingerprint density at radius 1 is 0.538 bits per heavy atom. The number of hydrogen-bond acceptors (Lipinski definition) is 4. The van der Waals surface area contributed by atoms with Crippen LogP contribution in [0.3, 0.4) is 0 Å². The van der Waals surface area contributed by atoms with E-state index < -0.39 is 0 Å². The molecule has 2 aromatic heterocycles. The fourth-order valence-corrected chi connectivity index (χ4v) is 8.67. The molecule has 0 unspecified atom stereocenters. The Kier molecular flexibility index (Phi) is 12.0. The van der Waals surface area contributed by atoms with Gasteiger partial charge in [-0.25, -0.2) is 4.98 Å². The van der Waals surface area contributed by atoms with Crippen LogP contribution in [0.15, 0.2) is 158 Å². The van der Waals surface area contributed by atoms with Gasteiger partial charge in [0.25, 0.3) is 0 Å². The Morgan fingerprint density at radius 3 is 1.88 bits per heavy atom. The molecule has 1 aliphatic rings. The molecule has 65 heavy (non-hydrogen) atoms. The monoisotopic (exact) mass is 1030 g/mol. The maximum atomic E-state index is 6.90. The molecule has 9 rings (SSSR count). The van der Waals surface area contributed by atoms with E-state index in [0.29, 0.717) is 11.5 Å². The van der Waals surface area contributed by atoms with Gasteiger partial charge < -0.3 is 19.1 Å². The van der Waals surface area contributed by atoms with Crippen molar-refractivity contribution in [1.82, 2.24) is 9.55 Å². The van der Waals surface area contributed by atoms with Crippen LogP contribution in [-0.2, 0) is 42.7 Å². The standard InChI is InChI=1S/C59H59N4O.Pt/c1-56(2,3)43-23-18-24-46(33-43)62-39-61(38-54(62)59(10,11)42-21-16-13-17-22-42)47-31-41(40-19-14-12-15-20-40)32-49(36-47)64-48-26-27-50-51-34-44(57(4,5)6)25-28-52(51)63(53(50)37-48)55-35-45(29-30-60-55)58(7,8)9;/h12-35,38-39H,1-11H3;/q-3;. The van der Waals surface area contributed by atoms with Crippen molar-refractivity contribution in [3.63, 3.8) is 0 Å². The van der Waals surface area contributed by atoms with Gasteiger partial charge in [-0.1, -0.05) is 167 Å². The number of rotatable bonds is 8. The van der Waals surface area contributed by atoms with Gasteiger partial charge in [-0.05, 0) is 86.0 Å². The molecule has 0 radical (unpaired) electrons. The zero-order chi connectivity index (χ0) is 45.2. The van der Waals surface area contributed by atoms with Crippen molar-refractivity contribution in [2.24, 2.45) is 0 Å². The number of aromatic nitrogens is 2. The van der Waals surface area contributed by atoms with Crippen LogP contribution in [0.2, 0.25) is 0 Å². The van der Waals surface area contributed by atoms with E-state index in [9.17, 15) is 0 Å². The average Bonchev–Trinajstić information content (AvgIpc) is 3.87. The summed E-state index contributed by atoms with van der Waals surface area (Å²) in [6, 6.07) is 57.2. The first kappa shape index (κ1) is 45.7. The van der Waals surface area contributed by atoms with Crippen molar-refractivity contribution in [2.45, 2.75) is 97.8 Å². The predicted octanol–water partition coefficient (Wildman–Crippen LogP) is 15.4. The molecule has 6 aromatic carbocycles. The van der Waals surface area contributed by atoms with Crippen LogP contribution >= 0.6 is 0 Å². The molecule has 0 atom stereocenters. The third-order valence-corrected chi connectivity index (χ3v) is 12.7. The number of anilines is 2. The van der Waals surface area contributed by atoms with E-state index in [-0.39, 0.29) is 42.7 Å². The normalized spacial score (nSPS) is 13.6. The maximum Gasteiger partial charge on any atom is 0.135 e. The first-order chi connectivity index (χ1) is 30.3. The number of hydrogen-bond donors (Lipinski definition) is 0. The summed E-state index contributed by atoms with van der Waals surface area (Å²) in [5.41, 5.74) is 11.8. The molecule has 0 saturated carbocycles. The average molecular weight is 1040 g/mol. The van der Waals surface area contributed by atoms with Crippen LogP contribution in [-0.4, -0.2) is 9.55 Å². The van der Waals surface area contributed by atoms with Crippen molar-refractivity contribution in [1.29, 1.82) is 0 Å². The van der Waals surface area contributed by atoms with Crippen LogP contribution in [0.25, 0.3) is 38.8 Å². The molecule has 0 fully saturated rings. The van der Waals surface area contributed by atoms with Crippen molar-refractivity contribution in [3.8, 4) is 28.4 Å². The molecular weight excluding hydrogens is 976 g/mol. The largest absolute Gasteiger partial charge is 0.509 e. The molecule has 1 aliphatic heterocycles. The number of fused-ring (bicyclic) bond motifs is 3. The minimum Gasteiger partial charge on any atom is -0.509 e. The quantitative estimate of drug-likeness (QED) is 0.142. The van der Waals surface area contributed by atoms with Crippen molar-refractivity contribution < 1.29 is 25.8 Å². The number of pyridine rings is 1. The summed E-state index contributed by atoms with van der Waals surface area (Å²) in [7, 11) is 0. The number of allylic oxidation sites excluding steroid dienone is 1. The molecule has 8 aromatic rings. The number of nitrogens with zero attached hydrogens (tertiary/aromatic N) is 4. The van der Waals surface area contributed by atoms with Gasteiger partial charge in [-0.3, -0.25) is 0 Å². The summed E-state index contributed by atoms with van der Waals surface area (Å²) in [5.74, 6) is 2.04. The molecule has 334 valence electrons. The third-order valence-electron chi connectivity index (χ3n) is 12.7. The predicted molar refractivity (Wildman–Crippen MR) is 268 cm³/mol. The van der Waals surface area contributed by atoms with Gasteiger partial charge in [0.05, 0.1) is 0 Å². The zero-order valence-electron chi connectivity index (χ0n) is 39.5. The first-order valence-corrected chi connectivity index (χ1v) is 22.4. The minimum absolute atomic E-state index is 0. The fraction of sp³-hybridized carbons (Fsp3) is 0.254. The Labute approximate surface area is 401 Å². The van der Waals surface area contributed by atoms with Gasteiger partial charge in [0.15, 0.2) is 0 Å². The molecule has 0 bridgehead atoms. The van der Waals surface area contributed by atoms with Crippen molar-refractivity contribution in [2.75, 3.05) is 9.80 Å². The molecule has 5 nitrogen and oxygen atoms in total. The van der Waals surface area contributed by atoms with Crippen molar-refractivity contribution in [3.05, 3.63) is 199 Å². The second-order valence-electron chi connectivity index (χ2n) is 20.8. The van der Waals surface area contributed by atoms with Crippen LogP contribution in [0.4, 0.5) is 11.4 Å². The Morgan fingerprint density at radius 2 is 1.18 bits per heavy atom. The van der Waals surface area contributed by atoms with Gasteiger partial charge in [0, 0.05) is 61.1 Å². The van der Waals surface area contributed by atoms with Gasteiger partial charge in [0.1, 0.15) is 5.82 Å². The maximum absolute atomic E-state index is 6.90. The third kappa shape index (κ3) is 9.05. The second kappa shape index (κ2) is 17.1. The Bertz CT molecular complexity index is 3030. The van der Waals surface area contributed by atoms with Gasteiger partial charge in [0.2, 0.25) is 0 Å². The van der Waals surface area contributed by atoms with E-state index >= 15 is 0 Å². The Balaban J connectivity index is 0.00000576. The fourth-order valence-electron chi connectivity index (χ4n) is 8.67. The Hall–Kier alpha value is -5.90. The van der Waals surface area contributed by atoms with Crippen LogP contribution in [0.1, 0.15) is 98.4 Å². The first-order valence-electron chi connectivity index (χ1n) is 22.4. The van der Waals surface area contributed by atoms with E-state index in [2.05, 4.69) is 249 Å². The van der Waals surface area contributed by atoms with Crippen LogP contribution in [0.5, 0.6) is 11.5 Å². The van der Waals surface area contributed by atoms with Gasteiger partial charge in [-0.2, -0.15) is 6.07 Å². The summed E-state index contributed by atoms with van der Waals surface area (Å²) >= 11 is 0. The van der Waals surface area contributed by atoms with E-state index in [1.54, 1.807) is 0 Å². The molecular formula is C59H59N4OPt-3. The smallest absolute Gasteiger partial charge is 0.135 e. The summed E-state index contributed by atoms with van der Waals surface area (Å²) in [6.07, 6.45) is 4.17. The summed E-state index contributed by atoms with van der Waals surface area (Å²) in [6.45, 7) is 27.1. The van der Waals surface area contributed by atoms with Crippen LogP contribution in [0, 0.1) is 18.8 Å². The molecule has 3 heterocycles. The topological polar surface area (TPSA) is 33.5 Å². The minimum atomic E-state index is -0.335. The molecule has 0 spiro atoms. The van der Waals surface area contributed by atoms with E-state index in [4.69, 9.17) is 9.72 Å². The zero-order valence-corrected chi connectivity index (χ0v) is 41.8. The number of benzene rings is 6. The summed E-state index contributed by atoms with van der Waals surface area (Å²) in [5, 5.41) is 2.26. The molecule has 0 aliphatic carbocycles. The molecule has 0 amide bonds. The van der Waals surface area contributed by atoms with Gasteiger partial charge >= 0.3 is 0 Å². The van der Waals surface area contributed by atoms with Gasteiger partial charge in [-0.15, -0.1) is 53.6 Å². The summed E-state index contributed by atoms with van der Waals surface area (Å²) < 4.78 is 9.13. The van der Waals surface area contributed by atoms with E-state index in [0.717, 1.165) is 55.8 Å². The molecule has 0 saturated heterocycles. The molecule has 6 heteroatoms. The van der Waals surface area contributed by atoms with E-state index in [1.807, 2.05) is 12.3 Å². The SMILES string of the molecule is CC(C)(C)c1cccc(N2[CH-]N(c3[c-]c(Oc4[c-]c5c(cc4)c4cc(C(C)(C)C)ccc4n5-c4cc(C(C)(C)C)ccn4)cc(-c4ccccc4)c3)C=C2C(C)(C)c2ccccc2)c1.[Pt]. The van der Waals surface area contributed by atoms with Crippen molar-refractivity contribution >= 4 is 33.2 Å². The van der Waals surface area contributed by atoms with Crippen LogP contribution < -0.4 is 14.5 Å². The molecule has 0 N–H and O–H groups in total.